The number of aryl methyl sites for hydroxylation is 1. The van der Waals surface area contributed by atoms with Crippen LogP contribution in [0, 0.1) is 11.3 Å². The number of ether oxygens (including phenoxy) is 1. The van der Waals surface area contributed by atoms with Crippen LogP contribution in [-0.2, 0) is 47.1 Å². The summed E-state index contributed by atoms with van der Waals surface area (Å²) in [6.45, 7) is -0.946. The maximum absolute atomic E-state index is 13.9. The Labute approximate surface area is 437 Å². The first-order valence-electron chi connectivity index (χ1n) is 24.9. The van der Waals surface area contributed by atoms with Gasteiger partial charge in [0.05, 0.1) is 63.0 Å². The zero-order valence-electron chi connectivity index (χ0n) is 42.0. The van der Waals surface area contributed by atoms with Gasteiger partial charge in [-0.25, -0.2) is 8.78 Å². The Hall–Kier alpha value is -6.13. The van der Waals surface area contributed by atoms with Crippen LogP contribution >= 0.6 is 0 Å². The lowest BCUT2D eigenvalue weighted by Gasteiger charge is -2.35. The number of rotatable bonds is 28. The predicted octanol–water partition coefficient (Wildman–Crippen LogP) is 0.315. The highest BCUT2D eigenvalue weighted by Gasteiger charge is 2.47. The van der Waals surface area contributed by atoms with E-state index in [0.29, 0.717) is 48.0 Å². The molecule has 0 radical (unpaired) electrons. The summed E-state index contributed by atoms with van der Waals surface area (Å²) in [5, 5.41) is 62.8. The minimum atomic E-state index is -4.45. The number of unbranched alkanes of at least 4 members (excludes halogenated alkanes) is 1. The van der Waals surface area contributed by atoms with Gasteiger partial charge >= 0.3 is 17.9 Å². The van der Waals surface area contributed by atoms with Gasteiger partial charge in [-0.15, -0.1) is 5.10 Å². The van der Waals surface area contributed by atoms with Crippen molar-refractivity contribution in [1.29, 1.82) is 5.26 Å². The number of likely N-dealkylation sites (tertiary alicyclic amines) is 1. The molecule has 420 valence electrons. The molecule has 3 aromatic rings. The Kier molecular flexibility index (Phi) is 23.5. The van der Waals surface area contributed by atoms with Gasteiger partial charge < -0.3 is 35.4 Å². The third kappa shape index (κ3) is 19.5. The Balaban J connectivity index is 1.12. The number of pyridine rings is 1. The molecule has 0 bridgehead atoms. The number of para-hydroxylation sites is 1. The van der Waals surface area contributed by atoms with E-state index in [-0.39, 0.29) is 122 Å². The van der Waals surface area contributed by atoms with Crippen molar-refractivity contribution in [2.45, 2.75) is 87.4 Å². The number of alkyl halides is 3. The Morgan fingerprint density at radius 3 is 2.17 bits per heavy atom. The molecular weight excluding hydrogens is 1030 g/mol. The van der Waals surface area contributed by atoms with E-state index in [9.17, 15) is 75.8 Å². The van der Waals surface area contributed by atoms with Crippen LogP contribution in [0.4, 0.5) is 13.2 Å². The fourth-order valence-corrected chi connectivity index (χ4v) is 9.93. The molecule has 7 N–H and O–H groups in total. The number of aliphatic hydroxyl groups excluding tert-OH is 1. The largest absolute Gasteiger partial charge is 0.491 e. The van der Waals surface area contributed by atoms with Crippen molar-refractivity contribution in [1.82, 2.24) is 55.1 Å². The van der Waals surface area contributed by atoms with Gasteiger partial charge in [-0.2, -0.15) is 13.7 Å². The number of aromatic nitrogens is 4. The van der Waals surface area contributed by atoms with Crippen LogP contribution in [0.1, 0.15) is 62.4 Å². The van der Waals surface area contributed by atoms with E-state index < -0.39 is 89.6 Å². The average molecular weight is 1100 g/mol. The third-order valence-corrected chi connectivity index (χ3v) is 14.3. The standard InChI is InChI=1S/C47H67F3N12O13S/c48-11-4-6-35(76(72,73)74)24-33-28-61(56-55-33)14-2-1-8-38(46(70)71)60-21-19-58(30-42(65)66)17-15-57(16-18-59(20-22-60)31-43(67)68)29-40(63)52-12-5-23-75-39-9-3-7-36-37(10-13-53-44(36)39)45(69)54-27-41(64)62-32-47(49,50)25-34(62)26-51/h3,7,9-10,13,28,34-35,38,45,54,69H,1-2,4-6,8,11-12,14-25,27,29-32H2,(H,52,63)(H,65,66)(H,67,68)(H,70,71)(H,72,73,74)/t34-,35?,38?,45?/m0/s1. The highest BCUT2D eigenvalue weighted by molar-refractivity contribution is 7.86. The maximum Gasteiger partial charge on any atom is 0.320 e. The van der Waals surface area contributed by atoms with E-state index >= 15 is 0 Å². The minimum Gasteiger partial charge on any atom is -0.491 e. The molecule has 4 heterocycles. The number of nitrogens with one attached hydrogen (secondary N) is 2. The smallest absolute Gasteiger partial charge is 0.320 e. The quantitative estimate of drug-likeness (QED) is 0.0292. The lowest BCUT2D eigenvalue weighted by atomic mass is 10.1. The van der Waals surface area contributed by atoms with Gasteiger partial charge in [-0.3, -0.25) is 67.5 Å². The van der Waals surface area contributed by atoms with Crippen molar-refractivity contribution in [3.05, 3.63) is 47.9 Å². The molecule has 2 amide bonds. The number of hydrogen-bond acceptors (Lipinski definition) is 18. The molecule has 0 saturated carbocycles. The van der Waals surface area contributed by atoms with Gasteiger partial charge in [0, 0.05) is 102 Å². The second-order valence-electron chi connectivity index (χ2n) is 18.8. The molecule has 2 aromatic heterocycles. The van der Waals surface area contributed by atoms with Crippen LogP contribution in [0.25, 0.3) is 10.9 Å². The molecule has 2 saturated heterocycles. The monoisotopic (exact) mass is 1100 g/mol. The number of carboxylic acids is 3. The SMILES string of the molecule is N#C[C@@H]1CC(F)(F)CN1C(=O)CNC(O)c1ccnc2c(OCCCNC(=O)CN3CCN(CC(=O)O)CCN(C(CCCCn4cc(CC(CCCF)S(=O)(=O)O)nn4)C(=O)O)CCN(CC(=O)O)CC3)cccc12. The highest BCUT2D eigenvalue weighted by Crippen LogP contribution is 2.32. The fraction of sp³-hybridized carbons (Fsp3) is 0.638. The van der Waals surface area contributed by atoms with Crippen molar-refractivity contribution in [3.8, 4) is 11.8 Å². The zero-order valence-corrected chi connectivity index (χ0v) is 42.8. The second-order valence-corrected chi connectivity index (χ2v) is 20.5. The predicted molar refractivity (Wildman–Crippen MR) is 264 cm³/mol. The Morgan fingerprint density at radius 1 is 0.895 bits per heavy atom. The van der Waals surface area contributed by atoms with Crippen LogP contribution in [0.5, 0.6) is 5.75 Å². The van der Waals surface area contributed by atoms with Crippen LogP contribution in [0.2, 0.25) is 0 Å². The van der Waals surface area contributed by atoms with Gasteiger partial charge in [0.2, 0.25) is 11.8 Å². The Bertz CT molecular complexity index is 2550. The van der Waals surface area contributed by atoms with Crippen LogP contribution in [-0.4, -0.2) is 236 Å². The van der Waals surface area contributed by atoms with E-state index in [1.807, 2.05) is 0 Å². The summed E-state index contributed by atoms with van der Waals surface area (Å²) >= 11 is 0. The zero-order chi connectivity index (χ0) is 55.4. The first-order valence-corrected chi connectivity index (χ1v) is 26.4. The van der Waals surface area contributed by atoms with Gasteiger partial charge in [-0.1, -0.05) is 17.3 Å². The molecule has 29 heteroatoms. The molecule has 1 aromatic carbocycles. The lowest BCUT2D eigenvalue weighted by molar-refractivity contribution is -0.145. The van der Waals surface area contributed by atoms with Gasteiger partial charge in [-0.05, 0) is 50.7 Å². The van der Waals surface area contributed by atoms with Crippen molar-refractivity contribution in [3.63, 3.8) is 0 Å². The number of nitriles is 1. The summed E-state index contributed by atoms with van der Waals surface area (Å²) < 4.78 is 81.1. The second kappa shape index (κ2) is 29.4. The fourth-order valence-electron chi connectivity index (χ4n) is 9.09. The normalized spacial score (nSPS) is 18.7. The lowest BCUT2D eigenvalue weighted by Crippen LogP contribution is -2.52. The van der Waals surface area contributed by atoms with E-state index in [2.05, 4.69) is 25.9 Å². The molecule has 25 nitrogen and oxygen atoms in total. The van der Waals surface area contributed by atoms with Crippen molar-refractivity contribution < 1.29 is 75.3 Å². The number of halogens is 3. The number of carboxylic acid groups (broad SMARTS) is 3. The molecule has 2 aliphatic rings. The Morgan fingerprint density at radius 2 is 1.55 bits per heavy atom. The molecule has 5 rings (SSSR count). The third-order valence-electron chi connectivity index (χ3n) is 13.1. The summed E-state index contributed by atoms with van der Waals surface area (Å²) in [5.74, 6) is -7.28. The van der Waals surface area contributed by atoms with Crippen molar-refractivity contribution in [2.24, 2.45) is 0 Å². The summed E-state index contributed by atoms with van der Waals surface area (Å²) in [6.07, 6.45) is 1.85. The van der Waals surface area contributed by atoms with Crippen molar-refractivity contribution in [2.75, 3.05) is 105 Å². The van der Waals surface area contributed by atoms with E-state index in [1.165, 1.54) is 23.1 Å². The first-order chi connectivity index (χ1) is 36.2. The number of hydrogen-bond donors (Lipinski definition) is 7. The number of fused-ring (bicyclic) bond motifs is 1. The van der Waals surface area contributed by atoms with Crippen LogP contribution in [0.3, 0.4) is 0 Å². The summed E-state index contributed by atoms with van der Waals surface area (Å²) in [6, 6.07) is 5.95. The number of carbonyl (C=O) groups is 5. The van der Waals surface area contributed by atoms with Crippen molar-refractivity contribution >= 4 is 50.7 Å². The molecule has 0 spiro atoms. The number of amides is 2. The minimum absolute atomic E-state index is 0.0508. The molecule has 4 atom stereocenters. The number of nitrogens with zero attached hydrogens (tertiary/aromatic N) is 10. The van der Waals surface area contributed by atoms with Gasteiger partial charge in [0.15, 0.2) is 0 Å². The molecule has 0 aliphatic carbocycles. The number of aliphatic carboxylic acids is 3. The maximum atomic E-state index is 13.9. The molecule has 76 heavy (non-hydrogen) atoms. The van der Waals surface area contributed by atoms with Gasteiger partial charge in [0.1, 0.15) is 29.6 Å². The molecule has 3 unspecified atom stereocenters. The number of benzene rings is 1. The summed E-state index contributed by atoms with van der Waals surface area (Å²) in [5.41, 5.74) is 0.994. The molecular formula is C47H67F3N12O13S. The molecule has 2 fully saturated rings. The van der Waals surface area contributed by atoms with E-state index in [1.54, 1.807) is 43.9 Å². The first kappa shape index (κ1) is 60.7. The summed E-state index contributed by atoms with van der Waals surface area (Å²) in [4.78, 5) is 74.6. The van der Waals surface area contributed by atoms with Gasteiger partial charge in [0.25, 0.3) is 16.0 Å². The topological polar surface area (TPSA) is 338 Å². The number of carbonyl (C=O) groups excluding carboxylic acids is 2. The van der Waals surface area contributed by atoms with Crippen LogP contribution < -0.4 is 15.4 Å². The number of aliphatic hydroxyl groups is 1. The van der Waals surface area contributed by atoms with E-state index in [4.69, 9.17) is 4.74 Å². The highest BCUT2D eigenvalue weighted by atomic mass is 32.2. The summed E-state index contributed by atoms with van der Waals surface area (Å²) in [7, 11) is -4.45. The van der Waals surface area contributed by atoms with E-state index in [0.717, 1.165) is 4.90 Å². The molecule has 2 aliphatic heterocycles. The van der Waals surface area contributed by atoms with Crippen LogP contribution in [0.15, 0.2) is 36.7 Å². The average Bonchev–Trinajstić information content (AvgIpc) is 3.95.